The van der Waals surface area contributed by atoms with Gasteiger partial charge in [0.05, 0.1) is 0 Å². The summed E-state index contributed by atoms with van der Waals surface area (Å²) in [6.07, 6.45) is 2.89. The lowest BCUT2D eigenvalue weighted by molar-refractivity contribution is -0.111. The van der Waals surface area contributed by atoms with E-state index < -0.39 is 0 Å². The van der Waals surface area contributed by atoms with Gasteiger partial charge in [-0.15, -0.1) is 11.3 Å². The molecule has 0 saturated carbocycles. The van der Waals surface area contributed by atoms with Gasteiger partial charge < -0.3 is 0 Å². The van der Waals surface area contributed by atoms with Gasteiger partial charge in [0.15, 0.2) is 10.9 Å². The molecule has 0 fully saturated rings. The van der Waals surface area contributed by atoms with Gasteiger partial charge in [0.2, 0.25) is 5.91 Å². The maximum absolute atomic E-state index is 12.7. The summed E-state index contributed by atoms with van der Waals surface area (Å²) >= 11 is 1.18. The number of halogens is 1. The van der Waals surface area contributed by atoms with E-state index in [1.54, 1.807) is 23.6 Å². The molecule has 0 atom stereocenters. The van der Waals surface area contributed by atoms with Crippen LogP contribution in [-0.2, 0) is 4.79 Å². The highest BCUT2D eigenvalue weighted by Crippen LogP contribution is 2.15. The van der Waals surface area contributed by atoms with E-state index in [2.05, 4.69) is 10.3 Å². The van der Waals surface area contributed by atoms with E-state index in [9.17, 15) is 14.0 Å². The van der Waals surface area contributed by atoms with E-state index in [4.69, 9.17) is 0 Å². The van der Waals surface area contributed by atoms with Crippen LogP contribution >= 0.6 is 11.3 Å². The molecule has 0 aliphatic carbocycles. The number of benzene rings is 1. The summed E-state index contributed by atoms with van der Waals surface area (Å²) in [4.78, 5) is 26.7. The molecule has 1 N–H and O–H groups in total. The Morgan fingerprint density at radius 3 is 2.60 bits per heavy atom. The van der Waals surface area contributed by atoms with Gasteiger partial charge in [0.1, 0.15) is 11.5 Å². The monoisotopic (exact) mass is 290 g/mol. The first-order chi connectivity index (χ1) is 9.54. The molecule has 102 valence electrons. The molecule has 0 bridgehead atoms. The predicted molar refractivity (Wildman–Crippen MR) is 76.2 cm³/mol. The maximum atomic E-state index is 12.7. The Labute approximate surface area is 119 Å². The zero-order valence-electron chi connectivity index (χ0n) is 10.6. The number of amides is 1. The average molecular weight is 290 g/mol. The third-order valence-corrected chi connectivity index (χ3v) is 3.15. The molecule has 20 heavy (non-hydrogen) atoms. The minimum Gasteiger partial charge on any atom is -0.298 e. The highest BCUT2D eigenvalue weighted by atomic mass is 32.1. The number of ketones is 1. The predicted octanol–water partition coefficient (Wildman–Crippen LogP) is 3.14. The zero-order valence-corrected chi connectivity index (χ0v) is 11.4. The molecule has 1 amide bonds. The van der Waals surface area contributed by atoms with Crippen LogP contribution in [0.15, 0.2) is 35.7 Å². The third kappa shape index (κ3) is 3.83. The summed E-state index contributed by atoms with van der Waals surface area (Å²) in [5.74, 6) is -0.839. The Morgan fingerprint density at radius 1 is 1.30 bits per heavy atom. The van der Waals surface area contributed by atoms with Crippen LogP contribution in [0.3, 0.4) is 0 Å². The van der Waals surface area contributed by atoms with Crippen LogP contribution in [0.1, 0.15) is 23.0 Å². The second kappa shape index (κ2) is 6.21. The molecule has 1 aromatic carbocycles. The fourth-order valence-electron chi connectivity index (χ4n) is 1.39. The average Bonchev–Trinajstić information content (AvgIpc) is 2.87. The van der Waals surface area contributed by atoms with Crippen LogP contribution in [0.5, 0.6) is 0 Å². The Hall–Kier alpha value is -2.34. The van der Waals surface area contributed by atoms with Gasteiger partial charge in [-0.05, 0) is 23.8 Å². The molecular weight excluding hydrogens is 279 g/mol. The van der Waals surface area contributed by atoms with E-state index in [0.29, 0.717) is 16.4 Å². The highest BCUT2D eigenvalue weighted by molar-refractivity contribution is 7.14. The smallest absolute Gasteiger partial charge is 0.250 e. The van der Waals surface area contributed by atoms with Crippen molar-refractivity contribution in [3.8, 4) is 0 Å². The molecule has 0 saturated heterocycles. The Balaban J connectivity index is 1.97. The second-order valence-corrected chi connectivity index (χ2v) is 4.83. The van der Waals surface area contributed by atoms with Crippen LogP contribution in [0, 0.1) is 5.82 Å². The van der Waals surface area contributed by atoms with Crippen LogP contribution in [-0.4, -0.2) is 16.7 Å². The van der Waals surface area contributed by atoms with Crippen LogP contribution in [0.2, 0.25) is 0 Å². The molecule has 2 rings (SSSR count). The van der Waals surface area contributed by atoms with Crippen molar-refractivity contribution in [3.05, 3.63) is 52.8 Å². The van der Waals surface area contributed by atoms with Crippen molar-refractivity contribution in [2.75, 3.05) is 5.32 Å². The summed E-state index contributed by atoms with van der Waals surface area (Å²) in [5.41, 5.74) is 1.04. The largest absolute Gasteiger partial charge is 0.298 e. The molecular formula is C14H11FN2O2S. The normalized spacial score (nSPS) is 10.7. The van der Waals surface area contributed by atoms with Crippen molar-refractivity contribution in [1.29, 1.82) is 0 Å². The topological polar surface area (TPSA) is 59.1 Å². The summed E-state index contributed by atoms with van der Waals surface area (Å²) in [5, 5.41) is 4.50. The van der Waals surface area contributed by atoms with Crippen molar-refractivity contribution >= 4 is 34.2 Å². The maximum Gasteiger partial charge on any atom is 0.250 e. The van der Waals surface area contributed by atoms with Gasteiger partial charge in [-0.1, -0.05) is 12.1 Å². The van der Waals surface area contributed by atoms with Crippen LogP contribution < -0.4 is 5.32 Å². The number of nitrogens with zero attached hydrogens (tertiary/aromatic N) is 1. The van der Waals surface area contributed by atoms with E-state index in [-0.39, 0.29) is 17.5 Å². The molecule has 4 nitrogen and oxygen atoms in total. The number of hydrogen-bond donors (Lipinski definition) is 1. The van der Waals surface area contributed by atoms with Crippen molar-refractivity contribution < 1.29 is 14.0 Å². The first-order valence-electron chi connectivity index (χ1n) is 5.75. The van der Waals surface area contributed by atoms with Gasteiger partial charge in [-0.25, -0.2) is 9.37 Å². The molecule has 2 aromatic rings. The molecule has 1 heterocycles. The number of carbonyl (C=O) groups excluding carboxylic acids is 2. The minimum atomic E-state index is -0.362. The summed E-state index contributed by atoms with van der Waals surface area (Å²) in [6, 6.07) is 5.77. The SMILES string of the molecule is CC(=O)c1csc(NC(=O)C=Cc2ccc(F)cc2)n1. The fraction of sp³-hybridized carbons (Fsp3) is 0.0714. The van der Waals surface area contributed by atoms with Gasteiger partial charge in [-0.3, -0.25) is 14.9 Å². The van der Waals surface area contributed by atoms with Crippen LogP contribution in [0.4, 0.5) is 9.52 Å². The zero-order chi connectivity index (χ0) is 14.5. The van der Waals surface area contributed by atoms with E-state index in [1.807, 2.05) is 0 Å². The molecule has 0 aliphatic rings. The molecule has 1 aromatic heterocycles. The standard InChI is InChI=1S/C14H11FN2O2S/c1-9(18)12-8-20-14(16-12)17-13(19)7-4-10-2-5-11(15)6-3-10/h2-8H,1H3,(H,16,17,19). The summed E-state index contributed by atoms with van der Waals surface area (Å²) < 4.78 is 12.7. The number of rotatable bonds is 4. The molecule has 0 unspecified atom stereocenters. The second-order valence-electron chi connectivity index (χ2n) is 3.97. The fourth-order valence-corrected chi connectivity index (χ4v) is 2.14. The number of anilines is 1. The Morgan fingerprint density at radius 2 is 2.00 bits per heavy atom. The van der Waals surface area contributed by atoms with Crippen molar-refractivity contribution in [3.63, 3.8) is 0 Å². The molecule has 0 aliphatic heterocycles. The molecule has 6 heteroatoms. The lowest BCUT2D eigenvalue weighted by Gasteiger charge is -1.96. The van der Waals surface area contributed by atoms with Gasteiger partial charge in [0.25, 0.3) is 0 Å². The first kappa shape index (κ1) is 14.1. The van der Waals surface area contributed by atoms with Gasteiger partial charge in [-0.2, -0.15) is 0 Å². The van der Waals surface area contributed by atoms with Crippen LogP contribution in [0.25, 0.3) is 6.08 Å². The van der Waals surface area contributed by atoms with E-state index >= 15 is 0 Å². The third-order valence-electron chi connectivity index (χ3n) is 2.39. The van der Waals surface area contributed by atoms with Gasteiger partial charge >= 0.3 is 0 Å². The lowest BCUT2D eigenvalue weighted by atomic mass is 10.2. The van der Waals surface area contributed by atoms with E-state index in [1.165, 1.54) is 36.5 Å². The first-order valence-corrected chi connectivity index (χ1v) is 6.63. The highest BCUT2D eigenvalue weighted by Gasteiger charge is 2.07. The van der Waals surface area contributed by atoms with E-state index in [0.717, 1.165) is 0 Å². The summed E-state index contributed by atoms with van der Waals surface area (Å²) in [6.45, 7) is 1.41. The van der Waals surface area contributed by atoms with Crippen molar-refractivity contribution in [1.82, 2.24) is 4.98 Å². The Kier molecular flexibility index (Phi) is 4.37. The quantitative estimate of drug-likeness (QED) is 0.695. The molecule has 0 spiro atoms. The van der Waals surface area contributed by atoms with Crippen molar-refractivity contribution in [2.45, 2.75) is 6.92 Å². The number of thiazole rings is 1. The number of carbonyl (C=O) groups is 2. The minimum absolute atomic E-state index is 0.149. The van der Waals surface area contributed by atoms with Crippen molar-refractivity contribution in [2.24, 2.45) is 0 Å². The lowest BCUT2D eigenvalue weighted by Crippen LogP contribution is -2.07. The number of hydrogen-bond acceptors (Lipinski definition) is 4. The molecule has 0 radical (unpaired) electrons. The van der Waals surface area contributed by atoms with Gasteiger partial charge in [0, 0.05) is 18.4 Å². The number of Topliss-reactive ketones (excluding diaryl/α,β-unsaturated/α-hetero) is 1. The Bertz CT molecular complexity index is 662. The summed E-state index contributed by atoms with van der Waals surface area (Å²) in [7, 11) is 0. The number of nitrogens with one attached hydrogen (secondary N) is 1. The number of aromatic nitrogens is 1.